The van der Waals surface area contributed by atoms with Gasteiger partial charge in [-0.3, -0.25) is 4.79 Å². The third kappa shape index (κ3) is 5.18. The molecular weight excluding hydrogens is 432 g/mol. The monoisotopic (exact) mass is 454 g/mol. The Morgan fingerprint density at radius 1 is 1.13 bits per heavy atom. The minimum atomic E-state index is -1.19. The van der Waals surface area contributed by atoms with Crippen LogP contribution < -0.4 is 10.0 Å². The minimum absolute atomic E-state index is 0.165. The minimum Gasteiger partial charge on any atom is -0.593 e. The topological polar surface area (TPSA) is 90.0 Å². The van der Waals surface area contributed by atoms with E-state index in [2.05, 4.69) is 20.0 Å². The zero-order chi connectivity index (χ0) is 22.0. The Bertz CT molecular complexity index is 1090. The van der Waals surface area contributed by atoms with Gasteiger partial charge in [0.1, 0.15) is 5.25 Å². The Morgan fingerprint density at radius 2 is 1.87 bits per heavy atom. The molecule has 0 aliphatic heterocycles. The van der Waals surface area contributed by atoms with Gasteiger partial charge in [0.05, 0.1) is 22.5 Å². The second-order valence-corrected chi connectivity index (χ2v) is 9.93. The van der Waals surface area contributed by atoms with Crippen LogP contribution >= 0.6 is 11.6 Å². The highest BCUT2D eigenvalue weighted by molar-refractivity contribution is 7.93. The highest BCUT2D eigenvalue weighted by Crippen LogP contribution is 2.30. The lowest BCUT2D eigenvalue weighted by atomic mass is 9.88. The standard InChI is InChI=1S/C23H23ClN4O2S/c1-23(2,20-12-13-25-22(27-20)28-31(30)19-10-11-19)21(29)26-18-8-6-15(7-9-18)16-4-3-5-17(24)14-16/h3-9,12-14,19H,10-11H2,1-2H3,(H,26,29)(H,25,27,28). The van der Waals surface area contributed by atoms with E-state index in [-0.39, 0.29) is 17.1 Å². The largest absolute Gasteiger partial charge is 0.593 e. The summed E-state index contributed by atoms with van der Waals surface area (Å²) in [4.78, 5) is 21.6. The maximum Gasteiger partial charge on any atom is 0.265 e. The van der Waals surface area contributed by atoms with Crippen LogP contribution in [0, 0.1) is 0 Å². The summed E-state index contributed by atoms with van der Waals surface area (Å²) in [7, 11) is 0. The predicted molar refractivity (Wildman–Crippen MR) is 125 cm³/mol. The van der Waals surface area contributed by atoms with Gasteiger partial charge in [0, 0.05) is 29.7 Å². The van der Waals surface area contributed by atoms with Crippen molar-refractivity contribution >= 4 is 40.5 Å². The SMILES string of the molecule is CC(C)(C(=O)Nc1ccc(-c2cccc(Cl)c2)cc1)c1ccnc(N[S+]([O-])C2CC2)n1. The molecule has 0 saturated heterocycles. The quantitative estimate of drug-likeness (QED) is 0.493. The third-order valence-electron chi connectivity index (χ3n) is 5.18. The number of hydrogen-bond acceptors (Lipinski definition) is 5. The van der Waals surface area contributed by atoms with Crippen molar-refractivity contribution in [3.8, 4) is 11.1 Å². The van der Waals surface area contributed by atoms with Gasteiger partial charge < -0.3 is 9.87 Å². The first-order valence-corrected chi connectivity index (χ1v) is 11.6. The zero-order valence-corrected chi connectivity index (χ0v) is 18.8. The fraction of sp³-hybridized carbons (Fsp3) is 0.261. The summed E-state index contributed by atoms with van der Waals surface area (Å²) >= 11 is 4.88. The van der Waals surface area contributed by atoms with Crippen molar-refractivity contribution in [2.75, 3.05) is 10.0 Å². The lowest BCUT2D eigenvalue weighted by Crippen LogP contribution is -2.36. The molecule has 1 amide bonds. The molecule has 160 valence electrons. The Labute approximate surface area is 189 Å². The summed E-state index contributed by atoms with van der Waals surface area (Å²) in [5.74, 6) is 0.0745. The number of nitrogens with zero attached hydrogens (tertiary/aromatic N) is 2. The average molecular weight is 455 g/mol. The number of carbonyl (C=O) groups is 1. The van der Waals surface area contributed by atoms with Crippen LogP contribution in [0.3, 0.4) is 0 Å². The number of anilines is 2. The summed E-state index contributed by atoms with van der Waals surface area (Å²) < 4.78 is 14.9. The number of rotatable bonds is 7. The van der Waals surface area contributed by atoms with Gasteiger partial charge in [-0.15, -0.1) is 0 Å². The van der Waals surface area contributed by atoms with E-state index in [1.807, 2.05) is 48.5 Å². The molecule has 3 aromatic rings. The van der Waals surface area contributed by atoms with Crippen LogP contribution in [0.25, 0.3) is 11.1 Å². The third-order valence-corrected chi connectivity index (χ3v) is 6.88. The van der Waals surface area contributed by atoms with Crippen LogP contribution in [-0.2, 0) is 21.6 Å². The first kappa shape index (κ1) is 21.6. The van der Waals surface area contributed by atoms with Gasteiger partial charge in [0.25, 0.3) is 5.95 Å². The first-order chi connectivity index (χ1) is 14.8. The number of nitrogens with one attached hydrogen (secondary N) is 2. The van der Waals surface area contributed by atoms with Gasteiger partial charge in [-0.25, -0.2) is 9.97 Å². The number of halogens is 1. The Balaban J connectivity index is 1.46. The number of hydrogen-bond donors (Lipinski definition) is 2. The van der Waals surface area contributed by atoms with Crippen molar-refractivity contribution in [2.45, 2.75) is 37.4 Å². The van der Waals surface area contributed by atoms with Gasteiger partial charge in [-0.05, 0) is 55.3 Å². The molecule has 2 N–H and O–H groups in total. The van der Waals surface area contributed by atoms with Crippen molar-refractivity contribution in [1.29, 1.82) is 0 Å². The molecule has 4 rings (SSSR count). The highest BCUT2D eigenvalue weighted by Gasteiger charge is 2.36. The van der Waals surface area contributed by atoms with Gasteiger partial charge in [0.2, 0.25) is 5.91 Å². The molecule has 31 heavy (non-hydrogen) atoms. The molecule has 1 unspecified atom stereocenters. The van der Waals surface area contributed by atoms with Gasteiger partial charge in [-0.2, -0.15) is 4.72 Å². The maximum absolute atomic E-state index is 13.0. The summed E-state index contributed by atoms with van der Waals surface area (Å²) in [6.07, 6.45) is 3.47. The van der Waals surface area contributed by atoms with E-state index in [0.29, 0.717) is 16.4 Å². The van der Waals surface area contributed by atoms with Crippen LogP contribution in [0.2, 0.25) is 5.02 Å². The zero-order valence-electron chi connectivity index (χ0n) is 17.3. The summed E-state index contributed by atoms with van der Waals surface area (Å²) in [5, 5.41) is 3.80. The fourth-order valence-corrected chi connectivity index (χ4v) is 4.23. The molecule has 1 atom stereocenters. The van der Waals surface area contributed by atoms with Crippen molar-refractivity contribution in [3.05, 3.63) is 71.5 Å². The van der Waals surface area contributed by atoms with E-state index in [4.69, 9.17) is 11.6 Å². The van der Waals surface area contributed by atoms with Crippen LogP contribution in [0.4, 0.5) is 11.6 Å². The van der Waals surface area contributed by atoms with Crippen LogP contribution in [0.5, 0.6) is 0 Å². The molecule has 2 aromatic carbocycles. The first-order valence-electron chi connectivity index (χ1n) is 10.0. The molecule has 1 aliphatic rings. The molecular formula is C23H23ClN4O2S. The Morgan fingerprint density at radius 3 is 2.55 bits per heavy atom. The molecule has 0 radical (unpaired) electrons. The molecule has 0 spiro atoms. The molecule has 1 heterocycles. The van der Waals surface area contributed by atoms with E-state index in [9.17, 15) is 9.35 Å². The van der Waals surface area contributed by atoms with Crippen molar-refractivity contribution in [3.63, 3.8) is 0 Å². The van der Waals surface area contributed by atoms with Crippen molar-refractivity contribution in [1.82, 2.24) is 9.97 Å². The Kier molecular flexibility index (Phi) is 6.18. The number of benzene rings is 2. The average Bonchev–Trinajstić information content (AvgIpc) is 3.60. The Hall–Kier alpha value is -2.61. The molecule has 8 heteroatoms. The number of carbonyl (C=O) groups excluding carboxylic acids is 1. The molecule has 1 aliphatic carbocycles. The van der Waals surface area contributed by atoms with Crippen LogP contribution in [-0.4, -0.2) is 25.7 Å². The predicted octanol–water partition coefficient (Wildman–Crippen LogP) is 4.95. The van der Waals surface area contributed by atoms with Crippen molar-refractivity contribution < 1.29 is 9.35 Å². The van der Waals surface area contributed by atoms with E-state index >= 15 is 0 Å². The van der Waals surface area contributed by atoms with E-state index in [1.165, 1.54) is 0 Å². The van der Waals surface area contributed by atoms with Crippen molar-refractivity contribution in [2.24, 2.45) is 0 Å². The summed E-state index contributed by atoms with van der Waals surface area (Å²) in [6, 6.07) is 16.9. The molecule has 6 nitrogen and oxygen atoms in total. The van der Waals surface area contributed by atoms with Gasteiger partial charge in [-0.1, -0.05) is 35.9 Å². The second-order valence-electron chi connectivity index (χ2n) is 8.03. The van der Waals surface area contributed by atoms with E-state index in [0.717, 1.165) is 24.0 Å². The lowest BCUT2D eigenvalue weighted by Gasteiger charge is -2.23. The lowest BCUT2D eigenvalue weighted by molar-refractivity contribution is -0.120. The van der Waals surface area contributed by atoms with E-state index in [1.54, 1.807) is 26.1 Å². The normalized spacial score (nSPS) is 14.7. The molecule has 0 bridgehead atoms. The highest BCUT2D eigenvalue weighted by atomic mass is 35.5. The smallest absolute Gasteiger partial charge is 0.265 e. The molecule has 1 aromatic heterocycles. The second kappa shape index (κ2) is 8.86. The van der Waals surface area contributed by atoms with E-state index < -0.39 is 16.8 Å². The summed E-state index contributed by atoms with van der Waals surface area (Å²) in [5.41, 5.74) is 2.34. The number of amides is 1. The maximum atomic E-state index is 13.0. The molecule has 1 fully saturated rings. The van der Waals surface area contributed by atoms with Gasteiger partial charge >= 0.3 is 0 Å². The molecule has 1 saturated carbocycles. The van der Waals surface area contributed by atoms with Gasteiger partial charge in [0.15, 0.2) is 0 Å². The fourth-order valence-electron chi connectivity index (χ4n) is 3.03. The number of aromatic nitrogens is 2. The van der Waals surface area contributed by atoms with Crippen LogP contribution in [0.15, 0.2) is 60.8 Å². The van der Waals surface area contributed by atoms with Crippen LogP contribution in [0.1, 0.15) is 32.4 Å². The summed E-state index contributed by atoms with van der Waals surface area (Å²) in [6.45, 7) is 3.60.